The molecule has 0 saturated carbocycles. The number of thioether (sulfide) groups is 1. The molecule has 1 amide bonds. The number of phenols is 1. The van der Waals surface area contributed by atoms with E-state index in [9.17, 15) is 9.59 Å². The first-order valence-corrected chi connectivity index (χ1v) is 6.61. The fraction of sp³-hybridized carbons (Fsp3) is 0.333. The third kappa shape index (κ3) is 2.76. The van der Waals surface area contributed by atoms with Gasteiger partial charge in [-0.15, -0.1) is 11.8 Å². The van der Waals surface area contributed by atoms with Crippen LogP contribution in [0.2, 0.25) is 0 Å². The molecule has 0 aliphatic carbocycles. The van der Waals surface area contributed by atoms with Crippen molar-refractivity contribution >= 4 is 23.6 Å². The molecule has 1 aliphatic rings. The fourth-order valence-electron chi connectivity index (χ4n) is 1.78. The number of carboxylic acid groups (broad SMARTS) is 1. The third-order valence-corrected chi connectivity index (χ3v) is 3.79. The smallest absolute Gasteiger partial charge is 0.327 e. The number of amides is 1. The Kier molecular flexibility index (Phi) is 3.76. The first-order chi connectivity index (χ1) is 8.58. The van der Waals surface area contributed by atoms with Crippen LogP contribution in [0.3, 0.4) is 0 Å². The average molecular weight is 267 g/mol. The highest BCUT2D eigenvalue weighted by molar-refractivity contribution is 7.99. The van der Waals surface area contributed by atoms with E-state index in [-0.39, 0.29) is 18.1 Å². The van der Waals surface area contributed by atoms with Gasteiger partial charge in [0.15, 0.2) is 0 Å². The first-order valence-electron chi connectivity index (χ1n) is 5.46. The summed E-state index contributed by atoms with van der Waals surface area (Å²) in [6.45, 7) is 0. The molecule has 1 aliphatic heterocycles. The van der Waals surface area contributed by atoms with Crippen molar-refractivity contribution in [2.75, 3.05) is 11.6 Å². The molecule has 2 N–H and O–H groups in total. The third-order valence-electron chi connectivity index (χ3n) is 2.78. The van der Waals surface area contributed by atoms with Crippen molar-refractivity contribution in [2.45, 2.75) is 12.5 Å². The number of rotatable bonds is 3. The highest BCUT2D eigenvalue weighted by atomic mass is 32.2. The maximum absolute atomic E-state index is 12.0. The predicted octanol–water partition coefficient (Wildman–Crippen LogP) is 0.921. The molecule has 1 atom stereocenters. The van der Waals surface area contributed by atoms with Crippen LogP contribution in [-0.2, 0) is 16.0 Å². The van der Waals surface area contributed by atoms with Crippen molar-refractivity contribution < 1.29 is 19.8 Å². The largest absolute Gasteiger partial charge is 0.508 e. The lowest BCUT2D eigenvalue weighted by atomic mass is 10.1. The van der Waals surface area contributed by atoms with E-state index in [1.54, 1.807) is 12.1 Å². The van der Waals surface area contributed by atoms with Gasteiger partial charge in [0.1, 0.15) is 11.8 Å². The molecular weight excluding hydrogens is 254 g/mol. The van der Waals surface area contributed by atoms with Crippen LogP contribution in [0.5, 0.6) is 5.75 Å². The SMILES string of the molecule is O=C(O)[C@@H]1CSCN1C(=O)Cc1ccc(O)cc1. The maximum Gasteiger partial charge on any atom is 0.327 e. The Bertz CT molecular complexity index is 460. The van der Waals surface area contributed by atoms with Crippen LogP contribution in [0, 0.1) is 0 Å². The molecule has 0 bridgehead atoms. The number of nitrogens with zero attached hydrogens (tertiary/aromatic N) is 1. The van der Waals surface area contributed by atoms with Crippen molar-refractivity contribution in [3.05, 3.63) is 29.8 Å². The Hall–Kier alpha value is -1.69. The van der Waals surface area contributed by atoms with Gasteiger partial charge < -0.3 is 15.1 Å². The molecule has 96 valence electrons. The topological polar surface area (TPSA) is 77.8 Å². The van der Waals surface area contributed by atoms with Crippen LogP contribution in [0.15, 0.2) is 24.3 Å². The van der Waals surface area contributed by atoms with Crippen LogP contribution < -0.4 is 0 Å². The molecule has 1 heterocycles. The van der Waals surface area contributed by atoms with E-state index >= 15 is 0 Å². The van der Waals surface area contributed by atoms with Crippen molar-refractivity contribution in [3.8, 4) is 5.75 Å². The molecule has 2 rings (SSSR count). The van der Waals surface area contributed by atoms with E-state index in [0.29, 0.717) is 11.6 Å². The van der Waals surface area contributed by atoms with Crippen molar-refractivity contribution in [1.82, 2.24) is 4.90 Å². The zero-order valence-corrected chi connectivity index (χ0v) is 10.4. The van der Waals surface area contributed by atoms with Crippen molar-refractivity contribution in [1.29, 1.82) is 0 Å². The minimum Gasteiger partial charge on any atom is -0.508 e. The van der Waals surface area contributed by atoms with Gasteiger partial charge in [0, 0.05) is 5.75 Å². The van der Waals surface area contributed by atoms with E-state index < -0.39 is 12.0 Å². The number of aromatic hydroxyl groups is 1. The van der Waals surface area contributed by atoms with Gasteiger partial charge >= 0.3 is 5.97 Å². The van der Waals surface area contributed by atoms with Gasteiger partial charge in [-0.25, -0.2) is 4.79 Å². The van der Waals surface area contributed by atoms with E-state index in [1.807, 2.05) is 0 Å². The summed E-state index contributed by atoms with van der Waals surface area (Å²) in [4.78, 5) is 24.4. The van der Waals surface area contributed by atoms with E-state index in [4.69, 9.17) is 10.2 Å². The van der Waals surface area contributed by atoms with E-state index in [2.05, 4.69) is 0 Å². The van der Waals surface area contributed by atoms with Crippen molar-refractivity contribution in [2.24, 2.45) is 0 Å². The molecule has 6 heteroatoms. The molecule has 0 unspecified atom stereocenters. The number of hydrogen-bond donors (Lipinski definition) is 2. The highest BCUT2D eigenvalue weighted by Gasteiger charge is 2.34. The molecule has 0 aromatic heterocycles. The summed E-state index contributed by atoms with van der Waals surface area (Å²) in [5, 5.41) is 18.1. The Balaban J connectivity index is 2.03. The molecule has 1 aromatic rings. The summed E-state index contributed by atoms with van der Waals surface area (Å²) in [5.74, 6) is -0.145. The number of carboxylic acids is 1. The summed E-state index contributed by atoms with van der Waals surface area (Å²) in [7, 11) is 0. The summed E-state index contributed by atoms with van der Waals surface area (Å²) >= 11 is 1.44. The normalized spacial score (nSPS) is 18.9. The zero-order valence-electron chi connectivity index (χ0n) is 9.57. The molecule has 5 nitrogen and oxygen atoms in total. The lowest BCUT2D eigenvalue weighted by Crippen LogP contribution is -2.42. The Morgan fingerprint density at radius 2 is 2.00 bits per heavy atom. The number of carbonyl (C=O) groups is 2. The number of aliphatic carboxylic acids is 1. The summed E-state index contributed by atoms with van der Waals surface area (Å²) in [6.07, 6.45) is 0.157. The summed E-state index contributed by atoms with van der Waals surface area (Å²) in [5.41, 5.74) is 0.763. The molecule has 1 saturated heterocycles. The van der Waals surface area contributed by atoms with Gasteiger partial charge in [-0.2, -0.15) is 0 Å². The van der Waals surface area contributed by atoms with Crippen LogP contribution in [-0.4, -0.2) is 44.7 Å². The minimum atomic E-state index is -0.959. The molecule has 18 heavy (non-hydrogen) atoms. The molecular formula is C12H13NO4S. The minimum absolute atomic E-state index is 0.145. The molecule has 0 radical (unpaired) electrons. The summed E-state index contributed by atoms with van der Waals surface area (Å²) in [6, 6.07) is 5.62. The van der Waals surface area contributed by atoms with Gasteiger partial charge in [0.05, 0.1) is 12.3 Å². The zero-order chi connectivity index (χ0) is 13.1. The number of phenolic OH excluding ortho intramolecular Hbond substituents is 1. The predicted molar refractivity (Wildman–Crippen MR) is 67.4 cm³/mol. The van der Waals surface area contributed by atoms with Gasteiger partial charge in [0.25, 0.3) is 0 Å². The number of benzene rings is 1. The summed E-state index contributed by atoms with van der Waals surface area (Å²) < 4.78 is 0. The maximum atomic E-state index is 12.0. The van der Waals surface area contributed by atoms with E-state index in [0.717, 1.165) is 5.56 Å². The molecule has 1 aromatic carbocycles. The Labute approximate surface area is 108 Å². The lowest BCUT2D eigenvalue weighted by Gasteiger charge is -2.20. The van der Waals surface area contributed by atoms with Crippen LogP contribution in [0.1, 0.15) is 5.56 Å². The molecule has 0 spiro atoms. The van der Waals surface area contributed by atoms with Gasteiger partial charge in [-0.1, -0.05) is 12.1 Å². The lowest BCUT2D eigenvalue weighted by molar-refractivity contribution is -0.147. The molecule has 1 fully saturated rings. The highest BCUT2D eigenvalue weighted by Crippen LogP contribution is 2.22. The Morgan fingerprint density at radius 3 is 2.61 bits per heavy atom. The Morgan fingerprint density at radius 1 is 1.33 bits per heavy atom. The van der Waals surface area contributed by atoms with E-state index in [1.165, 1.54) is 28.8 Å². The second-order valence-corrected chi connectivity index (χ2v) is 5.06. The quantitative estimate of drug-likeness (QED) is 0.851. The van der Waals surface area contributed by atoms with Gasteiger partial charge in [0.2, 0.25) is 5.91 Å². The number of carbonyl (C=O) groups excluding carboxylic acids is 1. The van der Waals surface area contributed by atoms with Gasteiger partial charge in [-0.05, 0) is 17.7 Å². The second kappa shape index (κ2) is 5.30. The fourth-order valence-corrected chi connectivity index (χ4v) is 2.95. The monoisotopic (exact) mass is 267 g/mol. The van der Waals surface area contributed by atoms with Crippen LogP contribution in [0.25, 0.3) is 0 Å². The first kappa shape index (κ1) is 12.8. The average Bonchev–Trinajstić information content (AvgIpc) is 2.81. The second-order valence-electron chi connectivity index (χ2n) is 4.06. The van der Waals surface area contributed by atoms with Gasteiger partial charge in [-0.3, -0.25) is 4.79 Å². The van der Waals surface area contributed by atoms with Crippen LogP contribution in [0.4, 0.5) is 0 Å². The number of hydrogen-bond acceptors (Lipinski definition) is 4. The van der Waals surface area contributed by atoms with Crippen molar-refractivity contribution in [3.63, 3.8) is 0 Å². The standard InChI is InChI=1S/C12H13NO4S/c14-9-3-1-8(2-4-9)5-11(15)13-7-18-6-10(13)12(16)17/h1-4,10,14H,5-7H2,(H,16,17)/t10-/m0/s1. The van der Waals surface area contributed by atoms with Crippen LogP contribution >= 0.6 is 11.8 Å².